The molecule has 0 saturated carbocycles. The first-order valence-corrected chi connectivity index (χ1v) is 30.1. The summed E-state index contributed by atoms with van der Waals surface area (Å²) in [5, 5.41) is 19.0. The Morgan fingerprint density at radius 1 is 0.494 bits per heavy atom. The molecule has 0 aromatic heterocycles. The molecule has 5 aromatic rings. The van der Waals surface area contributed by atoms with Crippen LogP contribution in [0.5, 0.6) is 5.75 Å². The average Bonchev–Trinajstić information content (AvgIpc) is 3.48. The van der Waals surface area contributed by atoms with Crippen LogP contribution in [0.25, 0.3) is 0 Å². The van der Waals surface area contributed by atoms with Gasteiger partial charge in [0.05, 0.1) is 12.7 Å². The minimum atomic E-state index is -1.51. The van der Waals surface area contributed by atoms with Crippen LogP contribution in [-0.2, 0) is 80.2 Å². The lowest BCUT2D eigenvalue weighted by Gasteiger charge is -2.31. The highest BCUT2D eigenvalue weighted by molar-refractivity contribution is 9.10. The molecule has 89 heavy (non-hydrogen) atoms. The van der Waals surface area contributed by atoms with Crippen molar-refractivity contribution in [1.82, 2.24) is 42.6 Å². The van der Waals surface area contributed by atoms with Crippen molar-refractivity contribution < 1.29 is 62.1 Å². The number of halogens is 1. The molecule has 8 amide bonds. The summed E-state index contributed by atoms with van der Waals surface area (Å²) in [6, 6.07) is 30.7. The highest BCUT2D eigenvalue weighted by Gasteiger charge is 2.38. The molecule has 23 nitrogen and oxygen atoms in total. The average molecular weight is 1290 g/mol. The number of hydrazine groups is 1. The molecule has 24 heteroatoms. The van der Waals surface area contributed by atoms with Crippen molar-refractivity contribution in [3.8, 4) is 5.75 Å². The number of rotatable bonds is 31. The largest absolute Gasteiger partial charge is 0.514 e. The number of hydrogen-bond donors (Lipinski definition) is 10. The maximum Gasteiger partial charge on any atom is 0.514 e. The van der Waals surface area contributed by atoms with Crippen LogP contribution in [0, 0.1) is 11.8 Å². The molecule has 0 fully saturated rings. The van der Waals surface area contributed by atoms with Crippen molar-refractivity contribution in [2.45, 2.75) is 148 Å². The predicted molar refractivity (Wildman–Crippen MR) is 337 cm³/mol. The first kappa shape index (κ1) is 71.0. The van der Waals surface area contributed by atoms with Gasteiger partial charge in [0.25, 0.3) is 5.91 Å². The second-order valence-electron chi connectivity index (χ2n) is 22.7. The number of alkyl carbamates (subject to hydrolysis) is 1. The first-order chi connectivity index (χ1) is 42.4. The number of carbonyl (C=O) groups excluding carboxylic acids is 9. The minimum Gasteiger partial charge on any atom is -0.444 e. The van der Waals surface area contributed by atoms with Gasteiger partial charge in [-0.25, -0.2) is 15.4 Å². The summed E-state index contributed by atoms with van der Waals surface area (Å²) in [6.45, 7) is 13.0. The maximum atomic E-state index is 14.9. The fourth-order valence-electron chi connectivity index (χ4n) is 8.99. The second-order valence-corrected chi connectivity index (χ2v) is 23.5. The van der Waals surface area contributed by atoms with Gasteiger partial charge >= 0.3 is 12.2 Å². The van der Waals surface area contributed by atoms with Crippen molar-refractivity contribution >= 4 is 69.5 Å². The summed E-state index contributed by atoms with van der Waals surface area (Å²) in [4.78, 5) is 125. The predicted octanol–water partition coefficient (Wildman–Crippen LogP) is 5.25. The Balaban J connectivity index is 1.34. The Morgan fingerprint density at radius 2 is 0.933 bits per heavy atom. The van der Waals surface area contributed by atoms with Gasteiger partial charge in [-0.1, -0.05) is 171 Å². The van der Waals surface area contributed by atoms with Crippen LogP contribution in [0.2, 0.25) is 0 Å². The minimum absolute atomic E-state index is 0.0141. The number of nitrogens with two attached hydrogens (primary N) is 2. The van der Waals surface area contributed by atoms with E-state index >= 15 is 0 Å². The molecule has 0 unspecified atom stereocenters. The summed E-state index contributed by atoms with van der Waals surface area (Å²) >= 11 is 3.41. The Bertz CT molecular complexity index is 3140. The molecule has 0 aliphatic carbocycles. The molecule has 0 aliphatic heterocycles. The van der Waals surface area contributed by atoms with Crippen LogP contribution in [0.15, 0.2) is 144 Å². The molecule has 0 bridgehead atoms. The quantitative estimate of drug-likeness (QED) is 0.00891. The zero-order valence-electron chi connectivity index (χ0n) is 51.3. The molecule has 5 rings (SSSR count). The van der Waals surface area contributed by atoms with Crippen molar-refractivity contribution in [2.24, 2.45) is 23.4 Å². The van der Waals surface area contributed by atoms with Crippen LogP contribution >= 0.6 is 15.9 Å². The normalized spacial score (nSPS) is 14.2. The lowest BCUT2D eigenvalue weighted by atomic mass is 9.96. The van der Waals surface area contributed by atoms with E-state index in [1.54, 1.807) is 140 Å². The third-order valence-electron chi connectivity index (χ3n) is 14.2. The summed E-state index contributed by atoms with van der Waals surface area (Å²) in [5.41, 5.74) is 10.7. The van der Waals surface area contributed by atoms with Gasteiger partial charge in [0.15, 0.2) is 0 Å². The molecule has 478 valence electrons. The third-order valence-corrected chi connectivity index (χ3v) is 14.9. The fourth-order valence-corrected chi connectivity index (χ4v) is 9.39. The number of ether oxygens (including phenoxy) is 4. The van der Waals surface area contributed by atoms with Crippen LogP contribution in [0.3, 0.4) is 0 Å². The lowest BCUT2D eigenvalue weighted by Crippen LogP contribution is -2.63. The molecular weight excluding hydrogens is 1210 g/mol. The van der Waals surface area contributed by atoms with E-state index in [0.717, 1.165) is 21.2 Å². The smallest absolute Gasteiger partial charge is 0.444 e. The van der Waals surface area contributed by atoms with Crippen LogP contribution in [0.4, 0.5) is 9.59 Å². The number of nitrogens with one attached hydrogen (secondary N) is 8. The van der Waals surface area contributed by atoms with Gasteiger partial charge in [0.2, 0.25) is 35.4 Å². The van der Waals surface area contributed by atoms with Gasteiger partial charge in [-0.2, -0.15) is 0 Å². The summed E-state index contributed by atoms with van der Waals surface area (Å²) in [7, 11) is 0. The van der Waals surface area contributed by atoms with E-state index in [1.165, 1.54) is 12.1 Å². The van der Waals surface area contributed by atoms with Gasteiger partial charge in [-0.3, -0.25) is 39.0 Å². The summed E-state index contributed by atoms with van der Waals surface area (Å²) in [6.07, 6.45) is -2.68. The fraction of sp³-hybridized carbons (Fsp3) is 0.400. The Hall–Kier alpha value is -8.71. The zero-order chi connectivity index (χ0) is 65.2. The molecule has 0 aliphatic rings. The maximum absolute atomic E-state index is 14.9. The monoisotopic (exact) mass is 1290 g/mol. The standard InChI is InChI=1S/C65H83BrN10O13/c1-9-40(4)54(74-58(79)52(36-67)71-60(81)53(39(2)3)73-57(78)50(34-43-23-15-11-16-24-43)72-63(84)89-65(6,7)8)61(82)69-49(33-42-21-13-10-14-22-42)56(77)75-55(41(5)86-37-45-25-17-12-18-26-45)62(83)70-51(59(80)76-68)35-44-29-31-47(32-30-44)88-64(85)87-38-46-27-19-20-28-48(46)66/h10-32,39-41,49-55H,9,33-38,67-68H2,1-8H3,(H,69,82)(H,70,83)(H,71,81)(H,72,84)(H,73,78)(H,74,79)(H,75,77)(H,76,80)/t40-,41+,49-,50-,51-,52-,53-,54-,55-/m0/s1. The van der Waals surface area contributed by atoms with E-state index in [0.29, 0.717) is 17.5 Å². The highest BCUT2D eigenvalue weighted by Crippen LogP contribution is 2.20. The van der Waals surface area contributed by atoms with Crippen molar-refractivity contribution in [1.29, 1.82) is 0 Å². The van der Waals surface area contributed by atoms with E-state index in [9.17, 15) is 43.2 Å². The Labute approximate surface area is 527 Å². The Kier molecular flexibility index (Phi) is 28.2. The van der Waals surface area contributed by atoms with Gasteiger partial charge in [-0.15, -0.1) is 0 Å². The third kappa shape index (κ3) is 23.7. The molecule has 0 radical (unpaired) electrons. The van der Waals surface area contributed by atoms with Crippen LogP contribution < -0.4 is 59.0 Å². The molecular formula is C65H83BrN10O13. The van der Waals surface area contributed by atoms with Crippen molar-refractivity contribution in [3.63, 3.8) is 0 Å². The van der Waals surface area contributed by atoms with E-state index in [4.69, 9.17) is 30.5 Å². The van der Waals surface area contributed by atoms with Crippen molar-refractivity contribution in [3.05, 3.63) is 172 Å². The zero-order valence-corrected chi connectivity index (χ0v) is 52.9. The van der Waals surface area contributed by atoms with E-state index in [-0.39, 0.29) is 38.2 Å². The van der Waals surface area contributed by atoms with Gasteiger partial charge in [0, 0.05) is 35.8 Å². The molecule has 0 saturated heterocycles. The molecule has 0 spiro atoms. The van der Waals surface area contributed by atoms with E-state index < -0.39 is 126 Å². The van der Waals surface area contributed by atoms with Gasteiger partial charge < -0.3 is 61.9 Å². The molecule has 5 aromatic carbocycles. The van der Waals surface area contributed by atoms with Gasteiger partial charge in [0.1, 0.15) is 60.3 Å². The number of carbonyl (C=O) groups is 9. The SMILES string of the molecule is CC[C@H](C)[C@H](NC(=O)[C@H](CN)NC(=O)[C@@H](NC(=O)[C@H](Cc1ccccc1)NC(=O)OC(C)(C)C)C(C)C)C(=O)N[C@@H](Cc1ccccc1)C(=O)N[C@H](C(=O)N[C@@H](Cc1ccc(OC(=O)OCc2ccccc2Br)cc1)C(=O)NN)[C@@H](C)OCc1ccccc1. The van der Waals surface area contributed by atoms with Crippen LogP contribution in [-0.4, -0.2) is 114 Å². The van der Waals surface area contributed by atoms with Crippen molar-refractivity contribution in [2.75, 3.05) is 6.54 Å². The Morgan fingerprint density at radius 3 is 1.44 bits per heavy atom. The molecule has 12 N–H and O–H groups in total. The van der Waals surface area contributed by atoms with E-state index in [1.807, 2.05) is 42.5 Å². The summed E-state index contributed by atoms with van der Waals surface area (Å²) in [5.74, 6) is -0.919. The topological polar surface area (TPSA) is 339 Å². The summed E-state index contributed by atoms with van der Waals surface area (Å²) < 4.78 is 23.0. The van der Waals surface area contributed by atoms with E-state index in [2.05, 4.69) is 58.6 Å². The van der Waals surface area contributed by atoms with Gasteiger partial charge in [-0.05, 0) is 80.0 Å². The number of benzene rings is 5. The lowest BCUT2D eigenvalue weighted by molar-refractivity contribution is -0.138. The first-order valence-electron chi connectivity index (χ1n) is 29.3. The van der Waals surface area contributed by atoms with Crippen LogP contribution in [0.1, 0.15) is 89.6 Å². The number of amides is 8. The molecule has 9 atom stereocenters. The number of hydrogen-bond acceptors (Lipinski definition) is 15. The highest BCUT2D eigenvalue weighted by atomic mass is 79.9. The molecule has 0 heterocycles. The second kappa shape index (κ2) is 35.3.